The molecule has 2 atom stereocenters. The summed E-state index contributed by atoms with van der Waals surface area (Å²) >= 11 is 0. The first-order chi connectivity index (χ1) is 46.7. The third kappa shape index (κ3) is 43.8. The maximum Gasteiger partial charge on any atom is -0.0297 e. The van der Waals surface area contributed by atoms with Crippen LogP contribution in [0.5, 0.6) is 0 Å². The number of hydrogen-bond acceptors (Lipinski definition) is 0. The van der Waals surface area contributed by atoms with Crippen LogP contribution in [0.25, 0.3) is 0 Å². The van der Waals surface area contributed by atoms with Crippen LogP contribution < -0.4 is 0 Å². The maximum atomic E-state index is 2.46. The zero-order valence-corrected chi connectivity index (χ0v) is 75.9. The Bertz CT molecular complexity index is 1930. The molecule has 0 aromatic carbocycles. The van der Waals surface area contributed by atoms with Crippen molar-refractivity contribution in [1.82, 2.24) is 0 Å². The molecule has 11 saturated carbocycles. The molecule has 101 heavy (non-hydrogen) atoms. The molecule has 0 amide bonds. The van der Waals surface area contributed by atoms with Gasteiger partial charge in [0, 0.05) is 0 Å². The summed E-state index contributed by atoms with van der Waals surface area (Å²) in [5.74, 6) is 2.22. The van der Waals surface area contributed by atoms with Crippen LogP contribution in [0, 0.1) is 87.6 Å². The molecule has 0 aromatic rings. The lowest BCUT2D eigenvalue weighted by Crippen LogP contribution is -2.38. The molecule has 11 aliphatic carbocycles. The Balaban J connectivity index is 0.000000296. The summed E-state index contributed by atoms with van der Waals surface area (Å²) in [6, 6.07) is 0. The molecule has 0 aliphatic heterocycles. The molecule has 0 heterocycles. The van der Waals surface area contributed by atoms with Crippen molar-refractivity contribution in [2.45, 2.75) is 559 Å². The highest BCUT2D eigenvalue weighted by atomic mass is 14.5. The van der Waals surface area contributed by atoms with Gasteiger partial charge in [-0.1, -0.05) is 385 Å². The number of rotatable bonds is 2. The smallest absolute Gasteiger partial charge is 0.0297 e. The second-order valence-electron chi connectivity index (χ2n) is 48.1. The third-order valence-corrected chi connectivity index (χ3v) is 29.8. The van der Waals surface area contributed by atoms with E-state index in [2.05, 4.69) is 180 Å². The topological polar surface area (TPSA) is 0 Å². The van der Waals surface area contributed by atoms with Gasteiger partial charge in [0.05, 0.1) is 0 Å². The Morgan fingerprint density at radius 3 is 0.574 bits per heavy atom. The van der Waals surface area contributed by atoms with Crippen molar-refractivity contribution in [2.75, 3.05) is 0 Å². The molecule has 0 aromatic heterocycles. The van der Waals surface area contributed by atoms with E-state index in [4.69, 9.17) is 0 Å². The zero-order valence-electron chi connectivity index (χ0n) is 75.9. The number of fused-ring (bicyclic) bond motifs is 1. The van der Waals surface area contributed by atoms with Crippen molar-refractivity contribution in [1.29, 1.82) is 0 Å². The molecule has 0 N–H and O–H groups in total. The summed E-state index contributed by atoms with van der Waals surface area (Å²) in [5.41, 5.74) is 9.01. The van der Waals surface area contributed by atoms with Gasteiger partial charge in [-0.05, 0) is 261 Å². The van der Waals surface area contributed by atoms with Crippen LogP contribution in [0.3, 0.4) is 0 Å². The van der Waals surface area contributed by atoms with E-state index in [0.29, 0.717) is 65.0 Å². The van der Waals surface area contributed by atoms with Gasteiger partial charge in [0.1, 0.15) is 0 Å². The summed E-state index contributed by atoms with van der Waals surface area (Å²) in [5, 5.41) is 0. The van der Waals surface area contributed by atoms with Crippen molar-refractivity contribution < 1.29 is 0 Å². The predicted octanol–water partition coefficient (Wildman–Crippen LogP) is 36.6. The molecule has 0 saturated heterocycles. The van der Waals surface area contributed by atoms with Crippen LogP contribution in [0.1, 0.15) is 559 Å². The molecule has 2 unspecified atom stereocenters. The van der Waals surface area contributed by atoms with Crippen LogP contribution >= 0.6 is 0 Å². The Hall–Kier alpha value is 0. The fraction of sp³-hybridized carbons (Fsp3) is 1.00. The molecular formula is C101H198. The predicted molar refractivity (Wildman–Crippen MR) is 461 cm³/mol. The van der Waals surface area contributed by atoms with Gasteiger partial charge in [-0.2, -0.15) is 0 Å². The second kappa shape index (κ2) is 44.1. The third-order valence-electron chi connectivity index (χ3n) is 29.8. The van der Waals surface area contributed by atoms with Crippen molar-refractivity contribution in [2.24, 2.45) is 87.6 Å². The SMILES string of the molecule is CC1(C)CC(C)(C)CC(C)(C)C1.CC1(C)CC2CCCCC2C1.CC1(C)CCC(C)(C)CC1.CC1(C)CCC2(CCCCC2)CC1.CC1(C)CCCCC1.CC1(C)CCCCCCC1.CC1(C)CCCCCCCC1.CC1(C)CCCCCCCCCCC1.CCC1(CC)CCC(C)(C)CC1. The van der Waals surface area contributed by atoms with Crippen molar-refractivity contribution in [3.63, 3.8) is 0 Å². The van der Waals surface area contributed by atoms with E-state index in [1.165, 1.54) is 366 Å². The van der Waals surface area contributed by atoms with E-state index in [-0.39, 0.29) is 0 Å². The largest absolute Gasteiger partial charge is 0.0649 e. The van der Waals surface area contributed by atoms with E-state index < -0.39 is 0 Å². The lowest BCUT2D eigenvalue weighted by molar-refractivity contribution is 0.0203. The van der Waals surface area contributed by atoms with Gasteiger partial charge in [0.2, 0.25) is 0 Å². The van der Waals surface area contributed by atoms with Crippen LogP contribution in [-0.2, 0) is 0 Å². The summed E-state index contributed by atoms with van der Waals surface area (Å²) in [6.07, 6.45) is 86.7. The molecule has 0 bridgehead atoms. The highest BCUT2D eigenvalue weighted by Gasteiger charge is 2.44. The van der Waals surface area contributed by atoms with Crippen LogP contribution in [0.15, 0.2) is 0 Å². The second-order valence-corrected chi connectivity index (χ2v) is 48.1. The van der Waals surface area contributed by atoms with Gasteiger partial charge in [-0.25, -0.2) is 0 Å². The first-order valence-corrected chi connectivity index (χ1v) is 46.7. The Kier molecular flexibility index (Phi) is 41.6. The first kappa shape index (κ1) is 95.2. The highest BCUT2D eigenvalue weighted by Crippen LogP contribution is 2.56. The lowest BCUT2D eigenvalue weighted by atomic mass is 9.56. The van der Waals surface area contributed by atoms with E-state index in [1.807, 2.05) is 0 Å². The minimum Gasteiger partial charge on any atom is -0.0649 e. The monoisotopic (exact) mass is 1410 g/mol. The Morgan fingerprint density at radius 2 is 0.347 bits per heavy atom. The molecule has 1 spiro atoms. The van der Waals surface area contributed by atoms with Gasteiger partial charge < -0.3 is 0 Å². The van der Waals surface area contributed by atoms with Gasteiger partial charge in [-0.3, -0.25) is 0 Å². The average Bonchev–Trinajstić information content (AvgIpc) is 1.79. The van der Waals surface area contributed by atoms with Crippen LogP contribution in [0.4, 0.5) is 0 Å². The van der Waals surface area contributed by atoms with Gasteiger partial charge in [0.25, 0.3) is 0 Å². The summed E-state index contributed by atoms with van der Waals surface area (Å²) in [4.78, 5) is 0. The highest BCUT2D eigenvalue weighted by molar-refractivity contribution is 4.95. The summed E-state index contributed by atoms with van der Waals surface area (Å²) < 4.78 is 0. The van der Waals surface area contributed by atoms with E-state index >= 15 is 0 Å². The fourth-order valence-corrected chi connectivity index (χ4v) is 22.7. The standard InChI is InChI=1S/C14H28.C13H24.2C12H24.C11H20.C11H22.2C10H20.C8H16/c1-14(2)12-10-8-6-4-3-5-7-9-11-13-14;1-12(2)8-10-13(11-9-12)6-4-3-5-7-13;1-10(2)7-11(3,4)9-12(5,6)8-10;1-5-12(6-2)9-7-11(3,4)8-10-12;1-11(2)7-9-5-3-4-6-10(9)8-11;1-11(2)9-7-5-3-4-6-8-10-11;1-9(2)5-7-10(3,4)8-6-9;1-10(2)8-6-4-3-5-7-9-10;1-8(2)6-4-3-5-7-8/h3-13H2,1-2H3;3-11H2,1-2H3;7-9H2,1-6H3;5-10H2,1-4H3;9-10H,3-8H2,1-2H3;3-10H2,1-2H3;5-8H2,1-4H3;3-9H2,1-2H3;3-7H2,1-2H3. The molecule has 0 nitrogen and oxygen atoms in total. The van der Waals surface area contributed by atoms with Crippen molar-refractivity contribution >= 4 is 0 Å². The molecular weight excluding hydrogens is 1210 g/mol. The van der Waals surface area contributed by atoms with Gasteiger partial charge in [-0.15, -0.1) is 0 Å². The molecule has 11 aliphatic rings. The van der Waals surface area contributed by atoms with Gasteiger partial charge in [0.15, 0.2) is 0 Å². The Morgan fingerprint density at radius 1 is 0.168 bits per heavy atom. The number of hydrogen-bond donors (Lipinski definition) is 0. The summed E-state index contributed by atoms with van der Waals surface area (Å²) in [7, 11) is 0. The van der Waals surface area contributed by atoms with Crippen molar-refractivity contribution in [3.05, 3.63) is 0 Å². The van der Waals surface area contributed by atoms with E-state index in [9.17, 15) is 0 Å². The van der Waals surface area contributed by atoms with E-state index in [1.54, 1.807) is 12.8 Å². The minimum absolute atomic E-state index is 0.547. The maximum absolute atomic E-state index is 2.46. The molecule has 11 fully saturated rings. The molecule has 602 valence electrons. The fourth-order valence-electron chi connectivity index (χ4n) is 22.7. The Labute approximate surface area is 642 Å². The molecule has 0 radical (unpaired) electrons. The van der Waals surface area contributed by atoms with E-state index in [0.717, 1.165) is 22.7 Å². The zero-order chi connectivity index (χ0) is 75.9. The van der Waals surface area contributed by atoms with Crippen LogP contribution in [-0.4, -0.2) is 0 Å². The minimum atomic E-state index is 0.547. The molecule has 0 heteroatoms. The average molecular weight is 1410 g/mol. The quantitative estimate of drug-likeness (QED) is 0.259. The lowest BCUT2D eigenvalue weighted by Gasteiger charge is -2.49. The summed E-state index contributed by atoms with van der Waals surface area (Å²) in [6.45, 7) is 62.8. The molecule has 11 rings (SSSR count). The first-order valence-electron chi connectivity index (χ1n) is 46.7. The van der Waals surface area contributed by atoms with Crippen LogP contribution in [0.2, 0.25) is 0 Å². The van der Waals surface area contributed by atoms with Crippen molar-refractivity contribution in [3.8, 4) is 0 Å². The van der Waals surface area contributed by atoms with Gasteiger partial charge >= 0.3 is 0 Å². The normalized spacial score (nSPS) is 30.0.